The summed E-state index contributed by atoms with van der Waals surface area (Å²) in [5.74, 6) is 5.86. The molecule has 0 aliphatic carbocycles. The highest BCUT2D eigenvalue weighted by Crippen LogP contribution is 2.30. The van der Waals surface area contributed by atoms with Gasteiger partial charge in [-0.1, -0.05) is 0 Å². The van der Waals surface area contributed by atoms with Gasteiger partial charge in [0.25, 0.3) is 0 Å². The zero-order chi connectivity index (χ0) is 14.7. The van der Waals surface area contributed by atoms with Gasteiger partial charge in [0.15, 0.2) is 0 Å². The maximum atomic E-state index is 11.3. The third-order valence-corrected chi connectivity index (χ3v) is 3.37. The molecule has 0 unspecified atom stereocenters. The first-order chi connectivity index (χ1) is 9.52. The minimum absolute atomic E-state index is 0.0476. The number of nitro groups is 1. The lowest BCUT2D eigenvalue weighted by molar-refractivity contribution is -0.385. The molecule has 9 heteroatoms. The van der Waals surface area contributed by atoms with E-state index in [2.05, 4.69) is 20.3 Å². The summed E-state index contributed by atoms with van der Waals surface area (Å²) in [7, 11) is 2.04. The fourth-order valence-corrected chi connectivity index (χ4v) is 2.31. The quantitative estimate of drug-likeness (QED) is 0.456. The van der Waals surface area contributed by atoms with Crippen molar-refractivity contribution in [3.63, 3.8) is 0 Å². The highest BCUT2D eigenvalue weighted by atomic mass is 16.6. The number of hydrazine groups is 1. The highest BCUT2D eigenvalue weighted by Gasteiger charge is 2.27. The van der Waals surface area contributed by atoms with Crippen LogP contribution in [-0.2, 0) is 0 Å². The van der Waals surface area contributed by atoms with Crippen LogP contribution in [0, 0.1) is 17.0 Å². The Hall–Kier alpha value is -2.00. The van der Waals surface area contributed by atoms with Crippen molar-refractivity contribution in [3.05, 3.63) is 15.8 Å². The number of aromatic nitrogens is 2. The molecule has 1 aromatic rings. The molecule has 9 nitrogen and oxygen atoms in total. The minimum atomic E-state index is -0.431. The van der Waals surface area contributed by atoms with Crippen molar-refractivity contribution in [2.75, 3.05) is 43.6 Å². The Kier molecular flexibility index (Phi) is 4.30. The summed E-state index contributed by atoms with van der Waals surface area (Å²) in [5.41, 5.74) is 2.62. The van der Waals surface area contributed by atoms with E-state index >= 15 is 0 Å². The highest BCUT2D eigenvalue weighted by molar-refractivity contribution is 5.62. The third kappa shape index (κ3) is 2.94. The zero-order valence-corrected chi connectivity index (χ0v) is 11.7. The van der Waals surface area contributed by atoms with Crippen molar-refractivity contribution < 1.29 is 4.92 Å². The topological polar surface area (TPSA) is 113 Å². The number of nitrogens with zero attached hydrogens (tertiary/aromatic N) is 5. The van der Waals surface area contributed by atoms with Crippen LogP contribution in [0.5, 0.6) is 0 Å². The molecule has 1 fully saturated rings. The van der Waals surface area contributed by atoms with Crippen LogP contribution in [0.1, 0.15) is 12.1 Å². The van der Waals surface area contributed by atoms with Crippen LogP contribution in [0.3, 0.4) is 0 Å². The zero-order valence-electron chi connectivity index (χ0n) is 11.7. The van der Waals surface area contributed by atoms with Crippen LogP contribution in [-0.4, -0.2) is 53.0 Å². The number of hydrogen-bond donors (Lipinski definition) is 2. The fraction of sp³-hybridized carbons (Fsp3) is 0.636. The van der Waals surface area contributed by atoms with Gasteiger partial charge in [-0.15, -0.1) is 0 Å². The smallest absolute Gasteiger partial charge is 0.332 e. The standard InChI is InChI=1S/C11H19N7O2/c1-8-9(18(19)20)10(14-11(13-8)15-12)17-5-3-4-16(2)6-7-17/h3-7,12H2,1-2H3,(H,13,14,15). The van der Waals surface area contributed by atoms with Crippen molar-refractivity contribution >= 4 is 17.5 Å². The molecule has 2 rings (SSSR count). The molecule has 0 amide bonds. The van der Waals surface area contributed by atoms with Crippen molar-refractivity contribution in [3.8, 4) is 0 Å². The summed E-state index contributed by atoms with van der Waals surface area (Å²) in [6.07, 6.45) is 0.933. The molecule has 0 saturated carbocycles. The van der Waals surface area contributed by atoms with Crippen LogP contribution in [0.4, 0.5) is 17.5 Å². The second kappa shape index (κ2) is 5.97. The number of hydrogen-bond acceptors (Lipinski definition) is 8. The lowest BCUT2D eigenvalue weighted by atomic mass is 10.3. The molecular weight excluding hydrogens is 262 g/mol. The lowest BCUT2D eigenvalue weighted by Crippen LogP contribution is -2.30. The molecule has 0 bridgehead atoms. The van der Waals surface area contributed by atoms with E-state index in [1.807, 2.05) is 11.9 Å². The van der Waals surface area contributed by atoms with Gasteiger partial charge in [-0.25, -0.2) is 10.8 Å². The van der Waals surface area contributed by atoms with Gasteiger partial charge in [-0.3, -0.25) is 15.5 Å². The third-order valence-electron chi connectivity index (χ3n) is 3.37. The molecule has 1 aromatic heterocycles. The predicted molar refractivity (Wildman–Crippen MR) is 75.6 cm³/mol. The molecule has 0 spiro atoms. The Morgan fingerprint density at radius 3 is 2.70 bits per heavy atom. The largest absolute Gasteiger partial charge is 0.349 e. The van der Waals surface area contributed by atoms with E-state index in [-0.39, 0.29) is 11.6 Å². The average Bonchev–Trinajstić information content (AvgIpc) is 2.62. The van der Waals surface area contributed by atoms with E-state index in [9.17, 15) is 10.1 Å². The first kappa shape index (κ1) is 14.4. The van der Waals surface area contributed by atoms with Crippen LogP contribution >= 0.6 is 0 Å². The van der Waals surface area contributed by atoms with E-state index in [4.69, 9.17) is 5.84 Å². The molecule has 2 heterocycles. The summed E-state index contributed by atoms with van der Waals surface area (Å²) in [6, 6.07) is 0. The Balaban J connectivity index is 2.42. The van der Waals surface area contributed by atoms with Crippen molar-refractivity contribution in [2.45, 2.75) is 13.3 Å². The van der Waals surface area contributed by atoms with E-state index in [0.717, 1.165) is 26.1 Å². The number of aryl methyl sites for hydroxylation is 1. The lowest BCUT2D eigenvalue weighted by Gasteiger charge is -2.22. The van der Waals surface area contributed by atoms with Crippen molar-refractivity contribution in [1.29, 1.82) is 0 Å². The van der Waals surface area contributed by atoms with Crippen LogP contribution in [0.2, 0.25) is 0 Å². The van der Waals surface area contributed by atoms with Crippen molar-refractivity contribution in [2.24, 2.45) is 5.84 Å². The summed E-state index contributed by atoms with van der Waals surface area (Å²) < 4.78 is 0. The predicted octanol–water partition coefficient (Wildman–Crippen LogP) is 0.121. The molecule has 0 radical (unpaired) electrons. The Labute approximate surface area is 116 Å². The molecule has 110 valence electrons. The van der Waals surface area contributed by atoms with Gasteiger partial charge in [0.05, 0.1) is 4.92 Å². The van der Waals surface area contributed by atoms with Crippen LogP contribution in [0.15, 0.2) is 0 Å². The van der Waals surface area contributed by atoms with Gasteiger partial charge >= 0.3 is 5.69 Å². The van der Waals surface area contributed by atoms with Crippen molar-refractivity contribution in [1.82, 2.24) is 14.9 Å². The maximum Gasteiger partial charge on any atom is 0.332 e. The normalized spacial score (nSPS) is 16.9. The Morgan fingerprint density at radius 1 is 1.30 bits per heavy atom. The average molecular weight is 281 g/mol. The molecular formula is C11H19N7O2. The molecule has 0 atom stereocenters. The second-order valence-electron chi connectivity index (χ2n) is 4.85. The summed E-state index contributed by atoms with van der Waals surface area (Å²) in [6.45, 7) is 4.82. The Bertz CT molecular complexity index is 508. The fourth-order valence-electron chi connectivity index (χ4n) is 2.31. The summed E-state index contributed by atoms with van der Waals surface area (Å²) >= 11 is 0. The second-order valence-corrected chi connectivity index (χ2v) is 4.85. The molecule has 1 aliphatic heterocycles. The molecule has 1 aliphatic rings. The van der Waals surface area contributed by atoms with Crippen LogP contribution in [0.25, 0.3) is 0 Å². The van der Waals surface area contributed by atoms with Gasteiger partial charge in [0.2, 0.25) is 11.8 Å². The Morgan fingerprint density at radius 2 is 2.05 bits per heavy atom. The summed E-state index contributed by atoms with van der Waals surface area (Å²) in [4.78, 5) is 23.1. The van der Waals surface area contributed by atoms with E-state index < -0.39 is 4.92 Å². The monoisotopic (exact) mass is 281 g/mol. The number of anilines is 2. The van der Waals surface area contributed by atoms with Gasteiger partial charge < -0.3 is 9.80 Å². The minimum Gasteiger partial charge on any atom is -0.349 e. The van der Waals surface area contributed by atoms with E-state index in [0.29, 0.717) is 18.1 Å². The first-order valence-corrected chi connectivity index (χ1v) is 6.46. The number of nitrogens with one attached hydrogen (secondary N) is 1. The number of likely N-dealkylation sites (N-methyl/N-ethyl adjacent to an activating group) is 1. The molecule has 3 N–H and O–H groups in total. The number of nitrogens with two attached hydrogens (primary N) is 1. The van der Waals surface area contributed by atoms with Gasteiger partial charge in [-0.05, 0) is 26.9 Å². The molecule has 1 saturated heterocycles. The van der Waals surface area contributed by atoms with Gasteiger partial charge in [0.1, 0.15) is 5.69 Å². The number of rotatable bonds is 3. The molecule has 0 aromatic carbocycles. The maximum absolute atomic E-state index is 11.3. The first-order valence-electron chi connectivity index (χ1n) is 6.46. The summed E-state index contributed by atoms with van der Waals surface area (Å²) in [5, 5.41) is 11.3. The van der Waals surface area contributed by atoms with Gasteiger partial charge in [0, 0.05) is 19.6 Å². The van der Waals surface area contributed by atoms with E-state index in [1.165, 1.54) is 0 Å². The SMILES string of the molecule is Cc1nc(NN)nc(N2CCCN(C)CC2)c1[N+](=O)[O-]. The van der Waals surface area contributed by atoms with Gasteiger partial charge in [-0.2, -0.15) is 4.98 Å². The van der Waals surface area contributed by atoms with E-state index in [1.54, 1.807) is 6.92 Å². The number of nitrogen functional groups attached to an aromatic ring is 1. The molecule has 20 heavy (non-hydrogen) atoms. The van der Waals surface area contributed by atoms with Crippen LogP contribution < -0.4 is 16.2 Å².